The number of furan rings is 1. The molecule has 0 bridgehead atoms. The van der Waals surface area contributed by atoms with Crippen LogP contribution in [0.1, 0.15) is 33.4 Å². The second-order valence-corrected chi connectivity index (χ2v) is 7.05. The lowest BCUT2D eigenvalue weighted by molar-refractivity contribution is -0.120. The highest BCUT2D eigenvalue weighted by Gasteiger charge is 2.17. The zero-order valence-corrected chi connectivity index (χ0v) is 18.6. The van der Waals surface area contributed by atoms with Crippen molar-refractivity contribution in [1.29, 1.82) is 0 Å². The molecule has 0 aliphatic carbocycles. The standard InChI is InChI=1S/C24H21N3O8/c1-2-31-20-10-15(5-7-18(20)35-24(30)19-4-3-9-32-19)12-26-27-22(28)13-25-23(29)16-6-8-17-21(11-16)34-14-33-17/h3-12H,2,13-14H2,1H3,(H,25,29)(H,27,28)/b26-12+. The zero-order chi connectivity index (χ0) is 24.6. The van der Waals surface area contributed by atoms with Gasteiger partial charge in [0.25, 0.3) is 11.8 Å². The third-order valence-electron chi connectivity index (χ3n) is 4.64. The van der Waals surface area contributed by atoms with Crippen LogP contribution in [0.4, 0.5) is 0 Å². The first-order valence-electron chi connectivity index (χ1n) is 10.6. The van der Waals surface area contributed by atoms with E-state index in [1.54, 1.807) is 49.4 Å². The number of benzene rings is 2. The van der Waals surface area contributed by atoms with Gasteiger partial charge in [0.15, 0.2) is 23.0 Å². The molecule has 2 amide bonds. The van der Waals surface area contributed by atoms with Gasteiger partial charge in [-0.25, -0.2) is 10.2 Å². The Morgan fingerprint density at radius 1 is 1.06 bits per heavy atom. The van der Waals surface area contributed by atoms with E-state index in [-0.39, 0.29) is 24.8 Å². The highest BCUT2D eigenvalue weighted by molar-refractivity contribution is 5.97. The Morgan fingerprint density at radius 3 is 2.71 bits per heavy atom. The van der Waals surface area contributed by atoms with Crippen LogP contribution >= 0.6 is 0 Å². The van der Waals surface area contributed by atoms with E-state index in [0.29, 0.717) is 35.0 Å². The summed E-state index contributed by atoms with van der Waals surface area (Å²) in [6.45, 7) is 1.95. The second kappa shape index (κ2) is 10.9. The predicted octanol–water partition coefficient (Wildman–Crippen LogP) is 2.51. The minimum absolute atomic E-state index is 0.0615. The van der Waals surface area contributed by atoms with Crippen LogP contribution in [0, 0.1) is 0 Å². The number of esters is 1. The number of ether oxygens (including phenoxy) is 4. The van der Waals surface area contributed by atoms with Crippen LogP contribution < -0.4 is 29.7 Å². The molecule has 0 atom stereocenters. The molecule has 1 aliphatic heterocycles. The number of carbonyl (C=O) groups is 3. The van der Waals surface area contributed by atoms with Crippen LogP contribution in [0.25, 0.3) is 0 Å². The third-order valence-corrected chi connectivity index (χ3v) is 4.64. The minimum atomic E-state index is -0.660. The molecule has 0 spiro atoms. The van der Waals surface area contributed by atoms with Crippen LogP contribution in [-0.2, 0) is 4.79 Å². The van der Waals surface area contributed by atoms with Gasteiger partial charge < -0.3 is 28.7 Å². The van der Waals surface area contributed by atoms with E-state index in [1.165, 1.54) is 18.5 Å². The molecule has 0 fully saturated rings. The Balaban J connectivity index is 1.30. The average molecular weight is 479 g/mol. The number of nitrogens with zero attached hydrogens (tertiary/aromatic N) is 1. The van der Waals surface area contributed by atoms with Crippen molar-refractivity contribution >= 4 is 24.0 Å². The number of rotatable bonds is 9. The van der Waals surface area contributed by atoms with Gasteiger partial charge >= 0.3 is 5.97 Å². The molecule has 0 saturated heterocycles. The molecule has 11 heteroatoms. The lowest BCUT2D eigenvalue weighted by atomic mass is 10.2. The van der Waals surface area contributed by atoms with Gasteiger partial charge in [0, 0.05) is 5.56 Å². The molecule has 3 aromatic rings. The lowest BCUT2D eigenvalue weighted by Crippen LogP contribution is -2.34. The molecule has 35 heavy (non-hydrogen) atoms. The number of hydrogen-bond donors (Lipinski definition) is 2. The molecule has 2 N–H and O–H groups in total. The molecule has 1 aromatic heterocycles. The van der Waals surface area contributed by atoms with Gasteiger partial charge in [0.05, 0.1) is 25.6 Å². The fourth-order valence-electron chi connectivity index (χ4n) is 3.02. The first kappa shape index (κ1) is 23.4. The van der Waals surface area contributed by atoms with Crippen molar-refractivity contribution in [1.82, 2.24) is 10.7 Å². The lowest BCUT2D eigenvalue weighted by Gasteiger charge is -2.10. The summed E-state index contributed by atoms with van der Waals surface area (Å²) < 4.78 is 26.3. The smallest absolute Gasteiger partial charge is 0.379 e. The molecule has 2 aromatic carbocycles. The first-order chi connectivity index (χ1) is 17.0. The average Bonchev–Trinajstić information content (AvgIpc) is 3.56. The molecule has 11 nitrogen and oxygen atoms in total. The number of fused-ring (bicyclic) bond motifs is 1. The van der Waals surface area contributed by atoms with E-state index in [9.17, 15) is 14.4 Å². The predicted molar refractivity (Wildman–Crippen MR) is 122 cm³/mol. The molecular formula is C24H21N3O8. The molecular weight excluding hydrogens is 458 g/mol. The summed E-state index contributed by atoms with van der Waals surface area (Å²) in [6, 6.07) is 12.6. The molecule has 0 unspecified atom stereocenters. The van der Waals surface area contributed by atoms with Crippen LogP contribution in [0.3, 0.4) is 0 Å². The third kappa shape index (κ3) is 5.96. The van der Waals surface area contributed by atoms with E-state index < -0.39 is 17.8 Å². The van der Waals surface area contributed by atoms with Crippen LogP contribution in [0.2, 0.25) is 0 Å². The Labute approximate surface area is 199 Å². The van der Waals surface area contributed by atoms with Crippen molar-refractivity contribution in [3.8, 4) is 23.0 Å². The molecule has 1 aliphatic rings. The highest BCUT2D eigenvalue weighted by Crippen LogP contribution is 2.32. The number of hydrogen-bond acceptors (Lipinski definition) is 9. The van der Waals surface area contributed by atoms with Gasteiger partial charge in [-0.1, -0.05) is 0 Å². The molecule has 180 valence electrons. The summed E-state index contributed by atoms with van der Waals surface area (Å²) in [5.74, 6) is -0.00394. The van der Waals surface area contributed by atoms with Crippen molar-refractivity contribution < 1.29 is 37.7 Å². The fourth-order valence-corrected chi connectivity index (χ4v) is 3.02. The molecule has 0 saturated carbocycles. The number of hydrazone groups is 1. The topological polar surface area (TPSA) is 138 Å². The van der Waals surface area contributed by atoms with Crippen molar-refractivity contribution in [2.75, 3.05) is 19.9 Å². The van der Waals surface area contributed by atoms with Crippen molar-refractivity contribution in [2.45, 2.75) is 6.92 Å². The van der Waals surface area contributed by atoms with Crippen LogP contribution in [-0.4, -0.2) is 43.9 Å². The van der Waals surface area contributed by atoms with E-state index in [2.05, 4.69) is 15.8 Å². The summed E-state index contributed by atoms with van der Waals surface area (Å²) in [6.07, 6.45) is 2.76. The molecule has 4 rings (SSSR count). The van der Waals surface area contributed by atoms with Gasteiger partial charge in [-0.15, -0.1) is 0 Å². The number of nitrogens with one attached hydrogen (secondary N) is 2. The maximum Gasteiger partial charge on any atom is 0.379 e. The van der Waals surface area contributed by atoms with E-state index >= 15 is 0 Å². The normalized spacial score (nSPS) is 11.8. The van der Waals surface area contributed by atoms with Gasteiger partial charge in [0.1, 0.15) is 0 Å². The SMILES string of the molecule is CCOc1cc(/C=N/NC(=O)CNC(=O)c2ccc3c(c2)OCO3)ccc1OC(=O)c1ccco1. The fraction of sp³-hybridized carbons (Fsp3) is 0.167. The number of carbonyl (C=O) groups excluding carboxylic acids is 3. The summed E-state index contributed by atoms with van der Waals surface area (Å²) in [7, 11) is 0. The Morgan fingerprint density at radius 2 is 1.91 bits per heavy atom. The quantitative estimate of drug-likeness (QED) is 0.207. The summed E-state index contributed by atoms with van der Waals surface area (Å²) in [4.78, 5) is 36.4. The minimum Gasteiger partial charge on any atom is -0.490 e. The summed E-state index contributed by atoms with van der Waals surface area (Å²) in [5.41, 5.74) is 3.24. The second-order valence-electron chi connectivity index (χ2n) is 7.05. The highest BCUT2D eigenvalue weighted by atomic mass is 16.7. The van der Waals surface area contributed by atoms with Gasteiger partial charge in [-0.05, 0) is 61.0 Å². The largest absolute Gasteiger partial charge is 0.490 e. The maximum absolute atomic E-state index is 12.2. The van der Waals surface area contributed by atoms with Gasteiger partial charge in [0.2, 0.25) is 12.6 Å². The maximum atomic E-state index is 12.2. The Hall–Kier alpha value is -4.80. The monoisotopic (exact) mass is 479 g/mol. The summed E-state index contributed by atoms with van der Waals surface area (Å²) in [5, 5.41) is 6.39. The van der Waals surface area contributed by atoms with E-state index in [4.69, 9.17) is 23.4 Å². The van der Waals surface area contributed by atoms with Crippen LogP contribution in [0.15, 0.2) is 64.3 Å². The van der Waals surface area contributed by atoms with Crippen molar-refractivity contribution in [2.24, 2.45) is 5.10 Å². The van der Waals surface area contributed by atoms with Crippen LogP contribution in [0.5, 0.6) is 23.0 Å². The van der Waals surface area contributed by atoms with Crippen molar-refractivity contribution in [3.63, 3.8) is 0 Å². The zero-order valence-electron chi connectivity index (χ0n) is 18.6. The van der Waals surface area contributed by atoms with E-state index in [1.807, 2.05) is 0 Å². The van der Waals surface area contributed by atoms with Gasteiger partial charge in [-0.3, -0.25) is 9.59 Å². The Kier molecular flexibility index (Phi) is 7.26. The Bertz CT molecular complexity index is 1250. The van der Waals surface area contributed by atoms with Crippen molar-refractivity contribution in [3.05, 3.63) is 71.7 Å². The van der Waals surface area contributed by atoms with Gasteiger partial charge in [-0.2, -0.15) is 5.10 Å². The molecule has 2 heterocycles. The first-order valence-corrected chi connectivity index (χ1v) is 10.6. The number of amides is 2. The van der Waals surface area contributed by atoms with E-state index in [0.717, 1.165) is 0 Å². The summed E-state index contributed by atoms with van der Waals surface area (Å²) >= 11 is 0. The molecule has 0 radical (unpaired) electrons.